The zero-order chi connectivity index (χ0) is 18.8. The zero-order valence-corrected chi connectivity index (χ0v) is 16.0. The summed E-state index contributed by atoms with van der Waals surface area (Å²) in [4.78, 5) is 15.0. The van der Waals surface area contributed by atoms with E-state index >= 15 is 0 Å². The van der Waals surface area contributed by atoms with Crippen LogP contribution in [0.3, 0.4) is 0 Å². The number of amides is 1. The highest BCUT2D eigenvalue weighted by Crippen LogP contribution is 2.38. The van der Waals surface area contributed by atoms with Crippen molar-refractivity contribution < 1.29 is 14.1 Å². The second-order valence-corrected chi connectivity index (χ2v) is 7.94. The minimum atomic E-state index is -0.191. The molecule has 1 aromatic heterocycles. The van der Waals surface area contributed by atoms with Crippen LogP contribution in [-0.2, 0) is 6.61 Å². The molecule has 0 saturated carbocycles. The Morgan fingerprint density at radius 1 is 1.26 bits per heavy atom. The van der Waals surface area contributed by atoms with Crippen LogP contribution in [0.25, 0.3) is 11.3 Å². The molecule has 0 aliphatic carbocycles. The minimum absolute atomic E-state index is 0.191. The predicted octanol–water partition coefficient (Wildman–Crippen LogP) is 3.33. The topological polar surface area (TPSA) is 67.6 Å². The summed E-state index contributed by atoms with van der Waals surface area (Å²) in [5.41, 5.74) is 1.91. The van der Waals surface area contributed by atoms with Crippen molar-refractivity contribution >= 4 is 5.91 Å². The Morgan fingerprint density at radius 3 is 2.85 bits per heavy atom. The largest absolute Gasteiger partial charge is 0.488 e. The third-order valence-electron chi connectivity index (χ3n) is 5.39. The van der Waals surface area contributed by atoms with Crippen molar-refractivity contribution in [1.82, 2.24) is 15.4 Å². The average molecular weight is 369 g/mol. The fourth-order valence-corrected chi connectivity index (χ4v) is 4.33. The van der Waals surface area contributed by atoms with Crippen LogP contribution in [0.5, 0.6) is 5.75 Å². The lowest BCUT2D eigenvalue weighted by atomic mass is 9.92. The smallest absolute Gasteiger partial charge is 0.273 e. The maximum absolute atomic E-state index is 12.5. The van der Waals surface area contributed by atoms with Crippen LogP contribution in [-0.4, -0.2) is 42.1 Å². The summed E-state index contributed by atoms with van der Waals surface area (Å²) < 4.78 is 11.2. The molecule has 3 heterocycles. The van der Waals surface area contributed by atoms with Gasteiger partial charge in [0.05, 0.1) is 11.1 Å². The Labute approximate surface area is 159 Å². The van der Waals surface area contributed by atoms with E-state index in [0.717, 1.165) is 54.8 Å². The van der Waals surface area contributed by atoms with Gasteiger partial charge < -0.3 is 19.5 Å². The number of piperidine rings is 1. The number of hydrogen-bond donors (Lipinski definition) is 1. The molecule has 0 radical (unpaired) electrons. The van der Waals surface area contributed by atoms with E-state index in [1.807, 2.05) is 24.3 Å². The van der Waals surface area contributed by atoms with Crippen molar-refractivity contribution in [2.75, 3.05) is 26.2 Å². The van der Waals surface area contributed by atoms with Crippen molar-refractivity contribution in [2.24, 2.45) is 11.8 Å². The number of benzene rings is 1. The minimum Gasteiger partial charge on any atom is -0.488 e. The number of nitrogens with zero attached hydrogens (tertiary/aromatic N) is 2. The first-order valence-electron chi connectivity index (χ1n) is 9.83. The highest BCUT2D eigenvalue weighted by molar-refractivity contribution is 5.95. The van der Waals surface area contributed by atoms with Gasteiger partial charge in [0, 0.05) is 19.6 Å². The van der Waals surface area contributed by atoms with E-state index in [-0.39, 0.29) is 5.91 Å². The molecule has 27 heavy (non-hydrogen) atoms. The van der Waals surface area contributed by atoms with Crippen molar-refractivity contribution in [2.45, 2.75) is 33.3 Å². The number of nitrogens with one attached hydrogen (secondary N) is 1. The Hall–Kier alpha value is -2.34. The molecule has 1 aromatic carbocycles. The Bertz CT molecular complexity index is 807. The average Bonchev–Trinajstić information content (AvgIpc) is 3.09. The van der Waals surface area contributed by atoms with E-state index < -0.39 is 0 Å². The highest BCUT2D eigenvalue weighted by Gasteiger charge is 2.28. The Balaban J connectivity index is 1.32. The Morgan fingerprint density at radius 2 is 2.04 bits per heavy atom. The van der Waals surface area contributed by atoms with E-state index in [1.54, 1.807) is 0 Å². The van der Waals surface area contributed by atoms with Crippen LogP contribution in [0.1, 0.15) is 42.7 Å². The third-order valence-corrected chi connectivity index (χ3v) is 5.39. The first kappa shape index (κ1) is 18.0. The molecular weight excluding hydrogens is 342 g/mol. The number of ether oxygens (including phenoxy) is 1. The molecule has 4 rings (SSSR count). The van der Waals surface area contributed by atoms with Gasteiger partial charge in [-0.05, 0) is 43.4 Å². The van der Waals surface area contributed by atoms with Gasteiger partial charge in [0.25, 0.3) is 5.91 Å². The van der Waals surface area contributed by atoms with Gasteiger partial charge in [-0.15, -0.1) is 0 Å². The summed E-state index contributed by atoms with van der Waals surface area (Å²) >= 11 is 0. The monoisotopic (exact) mass is 369 g/mol. The standard InChI is InChI=1S/C21H27N3O3/c1-14-10-15(2)12-24(11-14)9-5-8-22-21(25)19-17-13-26-18-7-4-3-6-16(18)20(17)27-23-19/h3-4,6-7,14-15H,5,8-13H2,1-2H3,(H,22,25). The molecule has 2 unspecified atom stereocenters. The van der Waals surface area contributed by atoms with Crippen molar-refractivity contribution in [3.05, 3.63) is 35.5 Å². The van der Waals surface area contributed by atoms with Crippen molar-refractivity contribution in [3.63, 3.8) is 0 Å². The number of carbonyl (C=O) groups excluding carboxylic acids is 1. The SMILES string of the molecule is CC1CC(C)CN(CCCNC(=O)c2noc3c2COc2ccccc2-3)C1. The quantitative estimate of drug-likeness (QED) is 0.819. The van der Waals surface area contributed by atoms with Crippen molar-refractivity contribution in [3.8, 4) is 17.1 Å². The third kappa shape index (κ3) is 3.86. The fourth-order valence-electron chi connectivity index (χ4n) is 4.33. The van der Waals surface area contributed by atoms with E-state index in [2.05, 4.69) is 29.2 Å². The first-order valence-corrected chi connectivity index (χ1v) is 9.83. The van der Waals surface area contributed by atoms with E-state index in [4.69, 9.17) is 9.26 Å². The normalized spacial score (nSPS) is 21.9. The van der Waals surface area contributed by atoms with Crippen LogP contribution in [0.4, 0.5) is 0 Å². The molecule has 1 fully saturated rings. The second-order valence-electron chi connectivity index (χ2n) is 7.94. The molecule has 2 aliphatic heterocycles. The van der Waals surface area contributed by atoms with Gasteiger partial charge in [-0.1, -0.05) is 31.1 Å². The molecule has 2 aromatic rings. The number of aromatic nitrogens is 1. The summed E-state index contributed by atoms with van der Waals surface area (Å²) in [5.74, 6) is 2.72. The number of fused-ring (bicyclic) bond motifs is 3. The zero-order valence-electron chi connectivity index (χ0n) is 16.0. The molecule has 0 bridgehead atoms. The van der Waals surface area contributed by atoms with Gasteiger partial charge in [0.2, 0.25) is 0 Å². The van der Waals surface area contributed by atoms with Crippen LogP contribution in [0.15, 0.2) is 28.8 Å². The van der Waals surface area contributed by atoms with E-state index in [0.29, 0.717) is 24.6 Å². The van der Waals surface area contributed by atoms with E-state index in [1.165, 1.54) is 6.42 Å². The molecule has 1 saturated heterocycles. The molecule has 6 heteroatoms. The number of rotatable bonds is 5. The number of likely N-dealkylation sites (tertiary alicyclic amines) is 1. The maximum Gasteiger partial charge on any atom is 0.273 e. The summed E-state index contributed by atoms with van der Waals surface area (Å²) in [6.07, 6.45) is 2.25. The lowest BCUT2D eigenvalue weighted by molar-refractivity contribution is 0.0936. The molecule has 1 amide bonds. The molecule has 144 valence electrons. The molecular formula is C21H27N3O3. The maximum atomic E-state index is 12.5. The van der Waals surface area contributed by atoms with Gasteiger partial charge in [0.1, 0.15) is 12.4 Å². The first-order chi connectivity index (χ1) is 13.1. The molecule has 1 N–H and O–H groups in total. The van der Waals surface area contributed by atoms with Gasteiger partial charge in [0.15, 0.2) is 11.5 Å². The summed E-state index contributed by atoms with van der Waals surface area (Å²) in [6.45, 7) is 8.91. The van der Waals surface area contributed by atoms with E-state index in [9.17, 15) is 4.79 Å². The molecule has 2 aliphatic rings. The van der Waals surface area contributed by atoms with Gasteiger partial charge in [-0.2, -0.15) is 0 Å². The van der Waals surface area contributed by atoms with Gasteiger partial charge in [-0.3, -0.25) is 4.79 Å². The van der Waals surface area contributed by atoms with Crippen LogP contribution in [0.2, 0.25) is 0 Å². The van der Waals surface area contributed by atoms with Crippen LogP contribution in [0, 0.1) is 11.8 Å². The van der Waals surface area contributed by atoms with Crippen LogP contribution >= 0.6 is 0 Å². The summed E-state index contributed by atoms with van der Waals surface area (Å²) in [5, 5.41) is 6.99. The number of hydrogen-bond acceptors (Lipinski definition) is 5. The fraction of sp³-hybridized carbons (Fsp3) is 0.524. The Kier molecular flexibility index (Phi) is 5.16. The molecule has 2 atom stereocenters. The lowest BCUT2D eigenvalue weighted by Crippen LogP contribution is -2.40. The number of para-hydroxylation sites is 1. The predicted molar refractivity (Wildman–Crippen MR) is 103 cm³/mol. The van der Waals surface area contributed by atoms with Gasteiger partial charge in [-0.25, -0.2) is 0 Å². The number of carbonyl (C=O) groups is 1. The van der Waals surface area contributed by atoms with Crippen LogP contribution < -0.4 is 10.1 Å². The summed E-state index contributed by atoms with van der Waals surface area (Å²) in [6, 6.07) is 7.64. The molecule has 0 spiro atoms. The van der Waals surface area contributed by atoms with Gasteiger partial charge >= 0.3 is 0 Å². The summed E-state index contributed by atoms with van der Waals surface area (Å²) in [7, 11) is 0. The lowest BCUT2D eigenvalue weighted by Gasteiger charge is -2.34. The van der Waals surface area contributed by atoms with Crippen molar-refractivity contribution in [1.29, 1.82) is 0 Å². The second kappa shape index (κ2) is 7.72. The molecule has 6 nitrogen and oxygen atoms in total. The highest BCUT2D eigenvalue weighted by atomic mass is 16.5.